The Morgan fingerprint density at radius 3 is 2.86 bits per heavy atom. The van der Waals surface area contributed by atoms with E-state index in [2.05, 4.69) is 22.1 Å². The SMILES string of the molecule is CCN(C)CCN1CCc2[nH]c(/C=C3\C(=O)Nc4ccc(F)cc43)c(C)c2C1=O. The van der Waals surface area contributed by atoms with E-state index in [9.17, 15) is 14.0 Å². The molecule has 0 fully saturated rings. The standard InChI is InChI=1S/C22H25FN4O2/c1-4-26(3)9-10-27-8-7-18-20(22(27)29)13(2)19(24-18)12-16-15-11-14(23)5-6-17(15)25-21(16)28/h5-6,11-12,24H,4,7-10H2,1-3H3,(H,25,28)/b16-12-. The van der Waals surface area contributed by atoms with Gasteiger partial charge in [0.25, 0.3) is 11.8 Å². The molecule has 3 heterocycles. The highest BCUT2D eigenvalue weighted by atomic mass is 19.1. The van der Waals surface area contributed by atoms with Crippen LogP contribution in [0.25, 0.3) is 11.6 Å². The maximum absolute atomic E-state index is 13.7. The van der Waals surface area contributed by atoms with E-state index >= 15 is 0 Å². The molecule has 0 spiro atoms. The zero-order valence-corrected chi connectivity index (χ0v) is 16.9. The molecule has 2 amide bonds. The fourth-order valence-corrected chi connectivity index (χ4v) is 3.92. The van der Waals surface area contributed by atoms with E-state index in [1.807, 2.05) is 18.9 Å². The number of amides is 2. The van der Waals surface area contributed by atoms with Crippen molar-refractivity contribution in [3.8, 4) is 0 Å². The Labute approximate surface area is 169 Å². The number of fused-ring (bicyclic) bond motifs is 2. The average Bonchev–Trinajstić information content (AvgIpc) is 3.18. The number of nitrogens with one attached hydrogen (secondary N) is 2. The molecule has 0 saturated carbocycles. The number of carbonyl (C=O) groups excluding carboxylic acids is 2. The highest BCUT2D eigenvalue weighted by molar-refractivity contribution is 6.34. The number of benzene rings is 1. The topological polar surface area (TPSA) is 68.4 Å². The van der Waals surface area contributed by atoms with Gasteiger partial charge in [0.05, 0.1) is 11.1 Å². The summed E-state index contributed by atoms with van der Waals surface area (Å²) in [6.07, 6.45) is 2.47. The minimum absolute atomic E-state index is 0.0245. The van der Waals surface area contributed by atoms with Gasteiger partial charge in [-0.05, 0) is 50.4 Å². The van der Waals surface area contributed by atoms with Crippen LogP contribution in [0.3, 0.4) is 0 Å². The number of carbonyl (C=O) groups is 2. The quantitative estimate of drug-likeness (QED) is 0.764. The first-order valence-electron chi connectivity index (χ1n) is 9.91. The lowest BCUT2D eigenvalue weighted by atomic mass is 10.0. The Morgan fingerprint density at radius 1 is 1.31 bits per heavy atom. The molecular weight excluding hydrogens is 371 g/mol. The van der Waals surface area contributed by atoms with Gasteiger partial charge in [-0.25, -0.2) is 4.39 Å². The molecule has 1 aromatic carbocycles. The van der Waals surface area contributed by atoms with E-state index in [1.54, 1.807) is 12.1 Å². The van der Waals surface area contributed by atoms with Crippen molar-refractivity contribution in [3.63, 3.8) is 0 Å². The molecule has 0 saturated heterocycles. The molecule has 2 aliphatic heterocycles. The van der Waals surface area contributed by atoms with Gasteiger partial charge in [0, 0.05) is 48.7 Å². The van der Waals surface area contributed by atoms with Gasteiger partial charge in [0.2, 0.25) is 0 Å². The lowest BCUT2D eigenvalue weighted by Gasteiger charge is -2.29. The van der Waals surface area contributed by atoms with Crippen LogP contribution >= 0.6 is 0 Å². The number of likely N-dealkylation sites (N-methyl/N-ethyl adjacent to an activating group) is 1. The number of halogens is 1. The van der Waals surface area contributed by atoms with E-state index in [0.29, 0.717) is 35.5 Å². The van der Waals surface area contributed by atoms with Crippen LogP contribution in [0, 0.1) is 12.7 Å². The summed E-state index contributed by atoms with van der Waals surface area (Å²) < 4.78 is 13.7. The van der Waals surface area contributed by atoms with Crippen LogP contribution in [0.2, 0.25) is 0 Å². The van der Waals surface area contributed by atoms with E-state index in [1.165, 1.54) is 12.1 Å². The Bertz CT molecular complexity index is 1020. The van der Waals surface area contributed by atoms with Gasteiger partial charge in [-0.2, -0.15) is 0 Å². The summed E-state index contributed by atoms with van der Waals surface area (Å²) in [6, 6.07) is 4.24. The lowest BCUT2D eigenvalue weighted by molar-refractivity contribution is -0.110. The van der Waals surface area contributed by atoms with Gasteiger partial charge in [0.1, 0.15) is 5.82 Å². The normalized spacial score (nSPS) is 17.1. The predicted octanol–water partition coefficient (Wildman–Crippen LogP) is 2.90. The summed E-state index contributed by atoms with van der Waals surface area (Å²) in [4.78, 5) is 32.8. The van der Waals surface area contributed by atoms with E-state index in [-0.39, 0.29) is 11.8 Å². The molecule has 29 heavy (non-hydrogen) atoms. The zero-order valence-electron chi connectivity index (χ0n) is 16.9. The number of H-pyrrole nitrogens is 1. The number of hydrogen-bond acceptors (Lipinski definition) is 3. The summed E-state index contributed by atoms with van der Waals surface area (Å²) in [5, 5.41) is 2.76. The number of anilines is 1. The van der Waals surface area contributed by atoms with Crippen LogP contribution in [-0.4, -0.2) is 59.8 Å². The van der Waals surface area contributed by atoms with Crippen LogP contribution in [0.15, 0.2) is 18.2 Å². The highest BCUT2D eigenvalue weighted by Gasteiger charge is 2.30. The van der Waals surface area contributed by atoms with Crippen molar-refractivity contribution in [2.45, 2.75) is 20.3 Å². The first kappa shape index (κ1) is 19.4. The Balaban J connectivity index is 1.65. The summed E-state index contributed by atoms with van der Waals surface area (Å²) >= 11 is 0. The van der Waals surface area contributed by atoms with Gasteiger partial charge in [-0.1, -0.05) is 6.92 Å². The van der Waals surface area contributed by atoms with Crippen molar-refractivity contribution in [3.05, 3.63) is 52.1 Å². The van der Waals surface area contributed by atoms with Crippen LogP contribution in [0.1, 0.15) is 39.8 Å². The molecule has 0 radical (unpaired) electrons. The molecule has 1 aromatic heterocycles. The molecule has 2 aromatic rings. The Kier molecular flexibility index (Phi) is 5.00. The fourth-order valence-electron chi connectivity index (χ4n) is 3.92. The molecule has 0 bridgehead atoms. The number of rotatable bonds is 5. The largest absolute Gasteiger partial charge is 0.358 e. The van der Waals surface area contributed by atoms with Crippen LogP contribution < -0.4 is 5.32 Å². The van der Waals surface area contributed by atoms with Gasteiger partial charge in [-0.3, -0.25) is 9.59 Å². The first-order valence-corrected chi connectivity index (χ1v) is 9.91. The summed E-state index contributed by atoms with van der Waals surface area (Å²) in [5.41, 5.74) is 4.67. The third-order valence-electron chi connectivity index (χ3n) is 5.84. The number of nitrogens with zero attached hydrogens (tertiary/aromatic N) is 2. The molecular formula is C22H25FN4O2. The second-order valence-electron chi connectivity index (χ2n) is 7.66. The maximum atomic E-state index is 13.7. The maximum Gasteiger partial charge on any atom is 0.256 e. The lowest BCUT2D eigenvalue weighted by Crippen LogP contribution is -2.41. The van der Waals surface area contributed by atoms with Crippen LogP contribution in [0.5, 0.6) is 0 Å². The highest BCUT2D eigenvalue weighted by Crippen LogP contribution is 2.35. The molecule has 6 nitrogen and oxygen atoms in total. The number of aromatic amines is 1. The predicted molar refractivity (Wildman–Crippen MR) is 111 cm³/mol. The average molecular weight is 396 g/mol. The third kappa shape index (κ3) is 3.46. The van der Waals surface area contributed by atoms with Gasteiger partial charge in [-0.15, -0.1) is 0 Å². The molecule has 7 heteroatoms. The summed E-state index contributed by atoms with van der Waals surface area (Å²) in [5.74, 6) is -0.638. The van der Waals surface area contributed by atoms with Gasteiger partial charge in [0.15, 0.2) is 0 Å². The third-order valence-corrected chi connectivity index (χ3v) is 5.84. The number of aromatic nitrogens is 1. The van der Waals surface area contributed by atoms with Crippen molar-refractivity contribution in [1.82, 2.24) is 14.8 Å². The first-order chi connectivity index (χ1) is 13.9. The minimum atomic E-state index is -0.392. The van der Waals surface area contributed by atoms with Crippen LogP contribution in [-0.2, 0) is 11.2 Å². The number of hydrogen-bond donors (Lipinski definition) is 2. The van der Waals surface area contributed by atoms with Gasteiger partial charge >= 0.3 is 0 Å². The van der Waals surface area contributed by atoms with E-state index in [4.69, 9.17) is 0 Å². The Hall–Kier alpha value is -2.93. The van der Waals surface area contributed by atoms with Gasteiger partial charge < -0.3 is 20.1 Å². The van der Waals surface area contributed by atoms with Crippen LogP contribution in [0.4, 0.5) is 10.1 Å². The fraction of sp³-hybridized carbons (Fsp3) is 0.364. The van der Waals surface area contributed by atoms with Crippen molar-refractivity contribution < 1.29 is 14.0 Å². The Morgan fingerprint density at radius 2 is 2.10 bits per heavy atom. The van der Waals surface area contributed by atoms with Crippen molar-refractivity contribution in [2.24, 2.45) is 0 Å². The molecule has 0 atom stereocenters. The monoisotopic (exact) mass is 396 g/mol. The second kappa shape index (κ2) is 7.48. The smallest absolute Gasteiger partial charge is 0.256 e. The second-order valence-corrected chi connectivity index (χ2v) is 7.66. The van der Waals surface area contributed by atoms with E-state index in [0.717, 1.165) is 36.5 Å². The van der Waals surface area contributed by atoms with Crippen molar-refractivity contribution in [2.75, 3.05) is 38.5 Å². The van der Waals surface area contributed by atoms with E-state index < -0.39 is 5.82 Å². The molecule has 0 aliphatic carbocycles. The van der Waals surface area contributed by atoms with Crippen molar-refractivity contribution in [1.29, 1.82) is 0 Å². The molecule has 2 N–H and O–H groups in total. The molecule has 152 valence electrons. The van der Waals surface area contributed by atoms with Crippen molar-refractivity contribution >= 4 is 29.2 Å². The zero-order chi connectivity index (χ0) is 20.7. The molecule has 4 rings (SSSR count). The summed E-state index contributed by atoms with van der Waals surface area (Å²) in [7, 11) is 2.04. The molecule has 2 aliphatic rings. The molecule has 0 unspecified atom stereocenters. The minimum Gasteiger partial charge on any atom is -0.358 e. The summed E-state index contributed by atoms with van der Waals surface area (Å²) in [6.45, 7) is 7.13.